The van der Waals surface area contributed by atoms with E-state index in [1.54, 1.807) is 0 Å². The summed E-state index contributed by atoms with van der Waals surface area (Å²) in [4.78, 5) is 11.6. The molecule has 1 unspecified atom stereocenters. The summed E-state index contributed by atoms with van der Waals surface area (Å²) in [5, 5.41) is 2.95. The molecule has 0 aromatic heterocycles. The molecule has 2 nitrogen and oxygen atoms in total. The molecule has 92 valence electrons. The first-order valence-corrected chi connectivity index (χ1v) is 6.14. The largest absolute Gasteiger partial charge is 0.356 e. The van der Waals surface area contributed by atoms with Crippen molar-refractivity contribution in [1.82, 2.24) is 5.32 Å². The van der Waals surface area contributed by atoms with Crippen LogP contribution in [0, 0.1) is 5.92 Å². The number of hydrogen-bond acceptors (Lipinski definition) is 1. The summed E-state index contributed by atoms with van der Waals surface area (Å²) >= 11 is 0. The van der Waals surface area contributed by atoms with Crippen LogP contribution in [-0.4, -0.2) is 12.5 Å². The van der Waals surface area contributed by atoms with Crippen molar-refractivity contribution >= 4 is 5.91 Å². The zero-order valence-electron chi connectivity index (χ0n) is 10.5. The van der Waals surface area contributed by atoms with Gasteiger partial charge in [-0.1, -0.05) is 43.3 Å². The lowest BCUT2D eigenvalue weighted by molar-refractivity contribution is -0.121. The molecule has 2 heteroatoms. The molecule has 1 atom stereocenters. The van der Waals surface area contributed by atoms with Crippen LogP contribution in [0.5, 0.6) is 0 Å². The molecule has 0 fully saturated rings. The Morgan fingerprint density at radius 3 is 2.76 bits per heavy atom. The Morgan fingerprint density at radius 2 is 2.12 bits per heavy atom. The Balaban J connectivity index is 2.19. The minimum atomic E-state index is 0.129. The molecule has 0 radical (unpaired) electrons. The van der Waals surface area contributed by atoms with Crippen molar-refractivity contribution in [1.29, 1.82) is 0 Å². The van der Waals surface area contributed by atoms with E-state index in [9.17, 15) is 4.79 Å². The smallest absolute Gasteiger partial charge is 0.220 e. The lowest BCUT2D eigenvalue weighted by atomic mass is 10.1. The highest BCUT2D eigenvalue weighted by Gasteiger charge is 2.04. The van der Waals surface area contributed by atoms with Crippen LogP contribution in [0.25, 0.3) is 0 Å². The Kier molecular flexibility index (Phi) is 6.08. The Morgan fingerprint density at radius 1 is 1.41 bits per heavy atom. The molecule has 0 spiro atoms. The monoisotopic (exact) mass is 231 g/mol. The summed E-state index contributed by atoms with van der Waals surface area (Å²) in [7, 11) is 0. The summed E-state index contributed by atoms with van der Waals surface area (Å²) in [6.45, 7) is 6.54. The van der Waals surface area contributed by atoms with Crippen molar-refractivity contribution in [2.75, 3.05) is 6.54 Å². The summed E-state index contributed by atoms with van der Waals surface area (Å²) in [5.74, 6) is 0.595. The van der Waals surface area contributed by atoms with E-state index in [4.69, 9.17) is 0 Å². The minimum Gasteiger partial charge on any atom is -0.356 e. The van der Waals surface area contributed by atoms with Gasteiger partial charge in [0.25, 0.3) is 0 Å². The molecule has 1 N–H and O–H groups in total. The number of rotatable bonds is 7. The fourth-order valence-electron chi connectivity index (χ4n) is 1.65. The lowest BCUT2D eigenvalue weighted by Gasteiger charge is -2.10. The molecule has 0 bridgehead atoms. The number of allylic oxidation sites excluding steroid dienone is 1. The standard InChI is InChI=1S/C15H21NO/c1-3-7-13(2)12-16-15(17)11-10-14-8-5-4-6-9-14/h3-6,8-9,13H,1,7,10-12H2,2H3,(H,16,17). The lowest BCUT2D eigenvalue weighted by Crippen LogP contribution is -2.28. The van der Waals surface area contributed by atoms with Gasteiger partial charge < -0.3 is 5.32 Å². The predicted molar refractivity (Wildman–Crippen MR) is 71.8 cm³/mol. The normalized spacial score (nSPS) is 11.8. The number of nitrogens with one attached hydrogen (secondary N) is 1. The molecule has 0 heterocycles. The number of carbonyl (C=O) groups is 1. The zero-order chi connectivity index (χ0) is 12.5. The van der Waals surface area contributed by atoms with Gasteiger partial charge in [0.2, 0.25) is 5.91 Å². The van der Waals surface area contributed by atoms with Crippen molar-refractivity contribution in [3.8, 4) is 0 Å². The van der Waals surface area contributed by atoms with Gasteiger partial charge in [-0.2, -0.15) is 0 Å². The SMILES string of the molecule is C=CCC(C)CNC(=O)CCc1ccccc1. The highest BCUT2D eigenvalue weighted by Crippen LogP contribution is 2.03. The topological polar surface area (TPSA) is 29.1 Å². The molecule has 0 saturated carbocycles. The second-order valence-corrected chi connectivity index (χ2v) is 4.42. The molecule has 0 aliphatic rings. The van der Waals surface area contributed by atoms with Gasteiger partial charge in [-0.05, 0) is 24.3 Å². The maximum Gasteiger partial charge on any atom is 0.220 e. The fraction of sp³-hybridized carbons (Fsp3) is 0.400. The van der Waals surface area contributed by atoms with Crippen LogP contribution in [-0.2, 0) is 11.2 Å². The molecule has 1 aromatic rings. The molecule has 0 aliphatic heterocycles. The van der Waals surface area contributed by atoms with Gasteiger partial charge in [0, 0.05) is 13.0 Å². The van der Waals surface area contributed by atoms with Crippen molar-refractivity contribution in [3.63, 3.8) is 0 Å². The zero-order valence-corrected chi connectivity index (χ0v) is 10.5. The van der Waals surface area contributed by atoms with Gasteiger partial charge in [-0.25, -0.2) is 0 Å². The van der Waals surface area contributed by atoms with Gasteiger partial charge in [-0.3, -0.25) is 4.79 Å². The van der Waals surface area contributed by atoms with E-state index in [2.05, 4.69) is 18.8 Å². The van der Waals surface area contributed by atoms with Crippen LogP contribution >= 0.6 is 0 Å². The highest BCUT2D eigenvalue weighted by atomic mass is 16.1. The van der Waals surface area contributed by atoms with E-state index < -0.39 is 0 Å². The molecule has 1 rings (SSSR count). The summed E-state index contributed by atoms with van der Waals surface area (Å²) in [6.07, 6.45) is 4.20. The quantitative estimate of drug-likeness (QED) is 0.718. The van der Waals surface area contributed by atoms with Crippen molar-refractivity contribution < 1.29 is 4.79 Å². The second kappa shape index (κ2) is 7.66. The molecular weight excluding hydrogens is 210 g/mol. The third-order valence-corrected chi connectivity index (χ3v) is 2.70. The van der Waals surface area contributed by atoms with Crippen LogP contribution in [0.1, 0.15) is 25.3 Å². The van der Waals surface area contributed by atoms with E-state index in [1.165, 1.54) is 5.56 Å². The van der Waals surface area contributed by atoms with E-state index in [-0.39, 0.29) is 5.91 Å². The van der Waals surface area contributed by atoms with Crippen molar-refractivity contribution in [2.45, 2.75) is 26.2 Å². The Hall–Kier alpha value is -1.57. The van der Waals surface area contributed by atoms with Crippen LogP contribution in [0.3, 0.4) is 0 Å². The average Bonchev–Trinajstić information content (AvgIpc) is 2.35. The van der Waals surface area contributed by atoms with Gasteiger partial charge in [0.1, 0.15) is 0 Å². The van der Waals surface area contributed by atoms with Crippen molar-refractivity contribution in [2.24, 2.45) is 5.92 Å². The Labute approximate surface area is 104 Å². The van der Waals surface area contributed by atoms with Crippen LogP contribution in [0.4, 0.5) is 0 Å². The third-order valence-electron chi connectivity index (χ3n) is 2.70. The predicted octanol–water partition coefficient (Wildman–Crippen LogP) is 2.95. The number of hydrogen-bond donors (Lipinski definition) is 1. The first kappa shape index (κ1) is 13.5. The number of aryl methyl sites for hydroxylation is 1. The molecule has 0 saturated heterocycles. The summed E-state index contributed by atoms with van der Waals surface area (Å²) < 4.78 is 0. The third kappa shape index (κ3) is 5.91. The molecule has 0 aliphatic carbocycles. The van der Waals surface area contributed by atoms with Crippen LogP contribution in [0.2, 0.25) is 0 Å². The Bertz CT molecular complexity index is 345. The molecule has 1 aromatic carbocycles. The molecule has 1 amide bonds. The van der Waals surface area contributed by atoms with E-state index >= 15 is 0 Å². The number of benzene rings is 1. The molecular formula is C15H21NO. The summed E-state index contributed by atoms with van der Waals surface area (Å²) in [5.41, 5.74) is 1.21. The maximum atomic E-state index is 11.6. The average molecular weight is 231 g/mol. The number of carbonyl (C=O) groups excluding carboxylic acids is 1. The molecule has 17 heavy (non-hydrogen) atoms. The van der Waals surface area contributed by atoms with Crippen molar-refractivity contribution in [3.05, 3.63) is 48.6 Å². The van der Waals surface area contributed by atoms with E-state index in [1.807, 2.05) is 36.4 Å². The van der Waals surface area contributed by atoms with E-state index in [0.29, 0.717) is 12.3 Å². The fourth-order valence-corrected chi connectivity index (χ4v) is 1.65. The first-order chi connectivity index (χ1) is 8.22. The van der Waals surface area contributed by atoms with Crippen LogP contribution < -0.4 is 5.32 Å². The van der Waals surface area contributed by atoms with Gasteiger partial charge in [0.15, 0.2) is 0 Å². The van der Waals surface area contributed by atoms with Gasteiger partial charge >= 0.3 is 0 Å². The number of amides is 1. The minimum absolute atomic E-state index is 0.129. The second-order valence-electron chi connectivity index (χ2n) is 4.42. The van der Waals surface area contributed by atoms with Gasteiger partial charge in [0.05, 0.1) is 0 Å². The first-order valence-electron chi connectivity index (χ1n) is 6.14. The van der Waals surface area contributed by atoms with Gasteiger partial charge in [-0.15, -0.1) is 6.58 Å². The van der Waals surface area contributed by atoms with Crippen LogP contribution in [0.15, 0.2) is 43.0 Å². The summed E-state index contributed by atoms with van der Waals surface area (Å²) in [6, 6.07) is 10.1. The highest BCUT2D eigenvalue weighted by molar-refractivity contribution is 5.76. The van der Waals surface area contributed by atoms with E-state index in [0.717, 1.165) is 19.4 Å². The maximum absolute atomic E-state index is 11.6.